The van der Waals surface area contributed by atoms with Gasteiger partial charge in [0.2, 0.25) is 0 Å². The maximum Gasteiger partial charge on any atom is 0.138 e. The van der Waals surface area contributed by atoms with Crippen LogP contribution in [0.5, 0.6) is 0 Å². The van der Waals surface area contributed by atoms with Crippen molar-refractivity contribution in [1.29, 1.82) is 0 Å². The zero-order chi connectivity index (χ0) is 14.2. The second-order valence-corrected chi connectivity index (χ2v) is 7.36. The standard InChI is InChI=1S/C16H21N3OS/c20-11-5-3-4-10(8-11)19-15-14-12-6-1-2-7-13(12)21-16(14)18-9-17-15/h9-11,20H,1-8H2,(H,17,18,19). The van der Waals surface area contributed by atoms with Gasteiger partial charge in [-0.2, -0.15) is 0 Å². The molecule has 112 valence electrons. The predicted molar refractivity (Wildman–Crippen MR) is 85.9 cm³/mol. The number of thiophene rings is 1. The Bertz CT molecular complexity index is 654. The number of aliphatic hydroxyl groups is 1. The van der Waals surface area contributed by atoms with Crippen LogP contribution in [0.1, 0.15) is 49.0 Å². The molecule has 0 aromatic carbocycles. The highest BCUT2D eigenvalue weighted by atomic mass is 32.1. The van der Waals surface area contributed by atoms with E-state index in [0.29, 0.717) is 6.04 Å². The van der Waals surface area contributed by atoms with Crippen molar-refractivity contribution in [2.24, 2.45) is 0 Å². The molecule has 0 bridgehead atoms. The number of nitrogens with one attached hydrogen (secondary N) is 1. The quantitative estimate of drug-likeness (QED) is 0.894. The zero-order valence-electron chi connectivity index (χ0n) is 12.1. The lowest BCUT2D eigenvalue weighted by Crippen LogP contribution is -2.30. The van der Waals surface area contributed by atoms with Crippen LogP contribution in [-0.4, -0.2) is 27.2 Å². The van der Waals surface area contributed by atoms with Crippen LogP contribution in [0.15, 0.2) is 6.33 Å². The predicted octanol–water partition coefficient (Wildman–Crippen LogP) is 3.29. The van der Waals surface area contributed by atoms with E-state index in [9.17, 15) is 5.11 Å². The van der Waals surface area contributed by atoms with Gasteiger partial charge in [0.25, 0.3) is 0 Å². The van der Waals surface area contributed by atoms with Crippen LogP contribution in [-0.2, 0) is 12.8 Å². The van der Waals surface area contributed by atoms with Crippen molar-refractivity contribution in [3.63, 3.8) is 0 Å². The number of fused-ring (bicyclic) bond motifs is 3. The smallest absolute Gasteiger partial charge is 0.138 e. The van der Waals surface area contributed by atoms with Crippen LogP contribution < -0.4 is 5.32 Å². The number of aliphatic hydroxyl groups excluding tert-OH is 1. The zero-order valence-corrected chi connectivity index (χ0v) is 13.0. The van der Waals surface area contributed by atoms with Gasteiger partial charge in [0.05, 0.1) is 11.5 Å². The van der Waals surface area contributed by atoms with Crippen LogP contribution in [0.3, 0.4) is 0 Å². The average molecular weight is 303 g/mol. The molecular weight excluding hydrogens is 282 g/mol. The minimum absolute atomic E-state index is 0.162. The minimum Gasteiger partial charge on any atom is -0.393 e. The third kappa shape index (κ3) is 2.53. The minimum atomic E-state index is -0.162. The summed E-state index contributed by atoms with van der Waals surface area (Å²) < 4.78 is 0. The second kappa shape index (κ2) is 5.54. The molecule has 2 atom stereocenters. The van der Waals surface area contributed by atoms with Gasteiger partial charge in [-0.25, -0.2) is 9.97 Å². The van der Waals surface area contributed by atoms with Crippen LogP contribution in [0.2, 0.25) is 0 Å². The van der Waals surface area contributed by atoms with Gasteiger partial charge in [0.15, 0.2) is 0 Å². The summed E-state index contributed by atoms with van der Waals surface area (Å²) in [5.74, 6) is 0.985. The highest BCUT2D eigenvalue weighted by Gasteiger charge is 2.24. The van der Waals surface area contributed by atoms with Crippen LogP contribution in [0, 0.1) is 0 Å². The molecule has 2 aliphatic rings. The summed E-state index contributed by atoms with van der Waals surface area (Å²) in [6.07, 6.45) is 10.4. The first-order valence-electron chi connectivity index (χ1n) is 8.01. The molecule has 5 heteroatoms. The fraction of sp³-hybridized carbons (Fsp3) is 0.625. The van der Waals surface area contributed by atoms with Crippen molar-refractivity contribution < 1.29 is 5.11 Å². The van der Waals surface area contributed by atoms with E-state index in [1.54, 1.807) is 6.33 Å². The molecule has 21 heavy (non-hydrogen) atoms. The van der Waals surface area contributed by atoms with E-state index in [2.05, 4.69) is 15.3 Å². The van der Waals surface area contributed by atoms with Gasteiger partial charge >= 0.3 is 0 Å². The van der Waals surface area contributed by atoms with E-state index in [1.165, 1.54) is 35.1 Å². The van der Waals surface area contributed by atoms with Gasteiger partial charge in [-0.1, -0.05) is 0 Å². The average Bonchev–Trinajstić information content (AvgIpc) is 2.87. The molecule has 0 radical (unpaired) electrons. The molecule has 1 saturated carbocycles. The van der Waals surface area contributed by atoms with Crippen LogP contribution in [0.25, 0.3) is 10.2 Å². The van der Waals surface area contributed by atoms with Crippen molar-refractivity contribution in [3.8, 4) is 0 Å². The Kier molecular flexibility index (Phi) is 3.55. The molecule has 0 aliphatic heterocycles. The van der Waals surface area contributed by atoms with E-state index in [1.807, 2.05) is 11.3 Å². The fourth-order valence-electron chi connectivity index (χ4n) is 3.69. The van der Waals surface area contributed by atoms with Crippen LogP contribution >= 0.6 is 11.3 Å². The number of aryl methyl sites for hydroxylation is 2. The molecule has 2 aliphatic carbocycles. The molecule has 2 aromatic heterocycles. The lowest BCUT2D eigenvalue weighted by Gasteiger charge is -2.27. The Labute approximate surface area is 128 Å². The molecule has 4 rings (SSSR count). The largest absolute Gasteiger partial charge is 0.393 e. The molecule has 4 nitrogen and oxygen atoms in total. The van der Waals surface area contributed by atoms with Gasteiger partial charge in [0.1, 0.15) is 17.0 Å². The van der Waals surface area contributed by atoms with E-state index >= 15 is 0 Å². The molecule has 2 aromatic rings. The molecule has 0 amide bonds. The summed E-state index contributed by atoms with van der Waals surface area (Å²) in [5.41, 5.74) is 1.47. The number of nitrogens with zero attached hydrogens (tertiary/aromatic N) is 2. The van der Waals surface area contributed by atoms with Crippen molar-refractivity contribution in [1.82, 2.24) is 9.97 Å². The first-order chi connectivity index (χ1) is 10.3. The Balaban J connectivity index is 1.69. The van der Waals surface area contributed by atoms with E-state index in [0.717, 1.165) is 42.8 Å². The van der Waals surface area contributed by atoms with E-state index in [-0.39, 0.29) is 6.10 Å². The summed E-state index contributed by atoms with van der Waals surface area (Å²) in [4.78, 5) is 11.6. The second-order valence-electron chi connectivity index (χ2n) is 6.28. The van der Waals surface area contributed by atoms with Gasteiger partial charge < -0.3 is 10.4 Å². The van der Waals surface area contributed by atoms with Gasteiger partial charge in [-0.05, 0) is 56.9 Å². The third-order valence-corrected chi connectivity index (χ3v) is 5.94. The first-order valence-corrected chi connectivity index (χ1v) is 8.83. The third-order valence-electron chi connectivity index (χ3n) is 4.74. The molecule has 1 fully saturated rings. The highest BCUT2D eigenvalue weighted by Crippen LogP contribution is 2.38. The van der Waals surface area contributed by atoms with Crippen molar-refractivity contribution in [3.05, 3.63) is 16.8 Å². The summed E-state index contributed by atoms with van der Waals surface area (Å²) in [6, 6.07) is 0.339. The van der Waals surface area contributed by atoms with Crippen molar-refractivity contribution in [2.75, 3.05) is 5.32 Å². The Hall–Kier alpha value is -1.20. The van der Waals surface area contributed by atoms with Crippen molar-refractivity contribution in [2.45, 2.75) is 63.5 Å². The number of rotatable bonds is 2. The van der Waals surface area contributed by atoms with Gasteiger partial charge in [0, 0.05) is 10.9 Å². The summed E-state index contributed by atoms with van der Waals surface area (Å²) in [7, 11) is 0. The topological polar surface area (TPSA) is 58.0 Å². The number of hydrogen-bond donors (Lipinski definition) is 2. The lowest BCUT2D eigenvalue weighted by atomic mass is 9.92. The molecular formula is C16H21N3OS. The first kappa shape index (κ1) is 13.5. The van der Waals surface area contributed by atoms with Crippen LogP contribution in [0.4, 0.5) is 5.82 Å². The Morgan fingerprint density at radius 2 is 2.05 bits per heavy atom. The fourth-order valence-corrected chi connectivity index (χ4v) is 4.92. The SMILES string of the molecule is OC1CCCC(Nc2ncnc3sc4c(c23)CCCC4)C1. The van der Waals surface area contributed by atoms with Gasteiger partial charge in [-0.3, -0.25) is 0 Å². The maximum atomic E-state index is 9.85. The van der Waals surface area contributed by atoms with E-state index < -0.39 is 0 Å². The Morgan fingerprint density at radius 1 is 1.14 bits per heavy atom. The summed E-state index contributed by atoms with van der Waals surface area (Å²) >= 11 is 1.84. The lowest BCUT2D eigenvalue weighted by molar-refractivity contribution is 0.124. The van der Waals surface area contributed by atoms with E-state index in [4.69, 9.17) is 0 Å². The number of anilines is 1. The molecule has 0 saturated heterocycles. The molecule has 0 spiro atoms. The molecule has 2 unspecified atom stereocenters. The summed E-state index contributed by atoms with van der Waals surface area (Å²) in [6.45, 7) is 0. The molecule has 2 N–H and O–H groups in total. The highest BCUT2D eigenvalue weighted by molar-refractivity contribution is 7.19. The number of hydrogen-bond acceptors (Lipinski definition) is 5. The maximum absolute atomic E-state index is 9.85. The van der Waals surface area contributed by atoms with Gasteiger partial charge in [-0.15, -0.1) is 11.3 Å². The van der Waals surface area contributed by atoms with Crippen molar-refractivity contribution >= 4 is 27.4 Å². The molecule has 2 heterocycles. The Morgan fingerprint density at radius 3 is 2.95 bits per heavy atom. The number of aromatic nitrogens is 2. The monoisotopic (exact) mass is 303 g/mol. The summed E-state index contributed by atoms with van der Waals surface area (Å²) in [5, 5.41) is 14.7. The normalized spacial score (nSPS) is 25.8.